The van der Waals surface area contributed by atoms with Gasteiger partial charge in [0.2, 0.25) is 0 Å². The van der Waals surface area contributed by atoms with Crippen LogP contribution in [0.25, 0.3) is 16.9 Å². The van der Waals surface area contributed by atoms with E-state index in [0.717, 1.165) is 34.2 Å². The second-order valence-electron chi connectivity index (χ2n) is 7.72. The van der Waals surface area contributed by atoms with Crippen LogP contribution in [0.4, 0.5) is 5.82 Å². The number of hydrogen-bond acceptors (Lipinski definition) is 4. The molecule has 0 amide bonds. The Labute approximate surface area is 166 Å². The molecule has 1 aliphatic rings. The zero-order chi connectivity index (χ0) is 19.7. The van der Waals surface area contributed by atoms with Gasteiger partial charge in [0, 0.05) is 17.3 Å². The summed E-state index contributed by atoms with van der Waals surface area (Å²) in [7, 11) is 3.38. The van der Waals surface area contributed by atoms with Crippen molar-refractivity contribution in [3.63, 3.8) is 0 Å². The number of nitrogens with zero attached hydrogens (tertiary/aromatic N) is 2. The van der Waals surface area contributed by atoms with Crippen LogP contribution in [0.15, 0.2) is 30.3 Å². The Morgan fingerprint density at radius 3 is 2.50 bits per heavy atom. The Bertz CT molecular complexity index is 987. The number of aryl methyl sites for hydroxylation is 2. The average molecular weight is 380 g/mol. The SMILES string of the molecule is COc1ccc(OC)c(-c2nc3cc(C)cc(C)n3c2NC2CCCCC2)c1. The summed E-state index contributed by atoms with van der Waals surface area (Å²) in [5.41, 5.74) is 5.20. The Morgan fingerprint density at radius 2 is 1.79 bits per heavy atom. The van der Waals surface area contributed by atoms with Gasteiger partial charge in [0.25, 0.3) is 0 Å². The van der Waals surface area contributed by atoms with Crippen molar-refractivity contribution >= 4 is 11.5 Å². The minimum atomic E-state index is 0.477. The highest BCUT2D eigenvalue weighted by atomic mass is 16.5. The van der Waals surface area contributed by atoms with Crippen LogP contribution in [0.3, 0.4) is 0 Å². The van der Waals surface area contributed by atoms with E-state index in [1.54, 1.807) is 14.2 Å². The fraction of sp³-hybridized carbons (Fsp3) is 0.435. The van der Waals surface area contributed by atoms with Crippen LogP contribution in [0.5, 0.6) is 11.5 Å². The van der Waals surface area contributed by atoms with Crippen LogP contribution in [0.1, 0.15) is 43.4 Å². The third kappa shape index (κ3) is 3.41. The zero-order valence-corrected chi connectivity index (χ0v) is 17.2. The van der Waals surface area contributed by atoms with Crippen molar-refractivity contribution < 1.29 is 9.47 Å². The third-order valence-corrected chi connectivity index (χ3v) is 5.66. The Morgan fingerprint density at radius 1 is 1.00 bits per heavy atom. The first kappa shape index (κ1) is 18.7. The van der Waals surface area contributed by atoms with E-state index in [2.05, 4.69) is 35.7 Å². The lowest BCUT2D eigenvalue weighted by Crippen LogP contribution is -2.23. The molecule has 1 aliphatic carbocycles. The van der Waals surface area contributed by atoms with Crippen molar-refractivity contribution in [2.75, 3.05) is 19.5 Å². The molecule has 1 N–H and O–H groups in total. The first-order chi connectivity index (χ1) is 13.6. The second kappa shape index (κ2) is 7.74. The fourth-order valence-corrected chi connectivity index (χ4v) is 4.29. The van der Waals surface area contributed by atoms with Gasteiger partial charge in [-0.3, -0.25) is 4.40 Å². The quantitative estimate of drug-likeness (QED) is 0.646. The molecule has 1 aromatic carbocycles. The first-order valence-corrected chi connectivity index (χ1v) is 10.1. The maximum atomic E-state index is 5.66. The van der Waals surface area contributed by atoms with Gasteiger partial charge in [0.1, 0.15) is 28.7 Å². The molecule has 0 radical (unpaired) electrons. The molecule has 0 aliphatic heterocycles. The van der Waals surface area contributed by atoms with E-state index in [4.69, 9.17) is 14.5 Å². The largest absolute Gasteiger partial charge is 0.497 e. The molecule has 4 rings (SSSR count). The van der Waals surface area contributed by atoms with E-state index in [1.165, 1.54) is 43.4 Å². The topological polar surface area (TPSA) is 47.8 Å². The zero-order valence-electron chi connectivity index (χ0n) is 17.2. The number of ether oxygens (including phenoxy) is 2. The summed E-state index contributed by atoms with van der Waals surface area (Å²) in [5, 5.41) is 3.82. The molecule has 2 aromatic heterocycles. The predicted octanol–water partition coefficient (Wildman–Crippen LogP) is 5.38. The van der Waals surface area contributed by atoms with Gasteiger partial charge >= 0.3 is 0 Å². The Balaban J connectivity index is 1.92. The van der Waals surface area contributed by atoms with Gasteiger partial charge in [-0.2, -0.15) is 0 Å². The molecular formula is C23H29N3O2. The molecule has 148 valence electrons. The summed E-state index contributed by atoms with van der Waals surface area (Å²) < 4.78 is 13.4. The summed E-state index contributed by atoms with van der Waals surface area (Å²) in [6.07, 6.45) is 6.30. The number of fused-ring (bicyclic) bond motifs is 1. The molecule has 0 atom stereocenters. The number of aromatic nitrogens is 2. The standard InChI is InChI=1S/C23H29N3O2/c1-15-12-16(2)26-21(13-15)25-22(23(26)24-17-8-6-5-7-9-17)19-14-18(27-3)10-11-20(19)28-4/h10-14,17,24H,5-9H2,1-4H3. The summed E-state index contributed by atoms with van der Waals surface area (Å²) in [4.78, 5) is 5.02. The van der Waals surface area contributed by atoms with Crippen LogP contribution in [0.2, 0.25) is 0 Å². The maximum Gasteiger partial charge on any atom is 0.139 e. The van der Waals surface area contributed by atoms with Crippen LogP contribution < -0.4 is 14.8 Å². The molecule has 5 heteroatoms. The number of hydrogen-bond donors (Lipinski definition) is 1. The lowest BCUT2D eigenvalue weighted by atomic mass is 9.95. The van der Waals surface area contributed by atoms with E-state index in [0.29, 0.717) is 6.04 Å². The molecule has 2 heterocycles. The smallest absolute Gasteiger partial charge is 0.139 e. The molecule has 0 bridgehead atoms. The van der Waals surface area contributed by atoms with Crippen molar-refractivity contribution in [3.8, 4) is 22.8 Å². The third-order valence-electron chi connectivity index (χ3n) is 5.66. The van der Waals surface area contributed by atoms with E-state index in [-0.39, 0.29) is 0 Å². The van der Waals surface area contributed by atoms with Crippen LogP contribution in [-0.2, 0) is 0 Å². The number of imidazole rings is 1. The highest BCUT2D eigenvalue weighted by Gasteiger charge is 2.23. The van der Waals surface area contributed by atoms with E-state index in [1.807, 2.05) is 18.2 Å². The monoisotopic (exact) mass is 379 g/mol. The highest BCUT2D eigenvalue weighted by molar-refractivity contribution is 5.81. The van der Waals surface area contributed by atoms with Gasteiger partial charge in [0.15, 0.2) is 0 Å². The molecule has 5 nitrogen and oxygen atoms in total. The van der Waals surface area contributed by atoms with Gasteiger partial charge in [-0.1, -0.05) is 19.3 Å². The maximum absolute atomic E-state index is 5.66. The van der Waals surface area contributed by atoms with E-state index < -0.39 is 0 Å². The number of nitrogens with one attached hydrogen (secondary N) is 1. The fourth-order valence-electron chi connectivity index (χ4n) is 4.29. The summed E-state index contributed by atoms with van der Waals surface area (Å²) in [6.45, 7) is 4.25. The molecule has 0 unspecified atom stereocenters. The van der Waals surface area contributed by atoms with Gasteiger partial charge in [-0.25, -0.2) is 4.98 Å². The van der Waals surface area contributed by atoms with Gasteiger partial charge in [-0.15, -0.1) is 0 Å². The Kier molecular flexibility index (Phi) is 5.16. The van der Waals surface area contributed by atoms with Crippen LogP contribution >= 0.6 is 0 Å². The Hall–Kier alpha value is -2.69. The molecular weight excluding hydrogens is 350 g/mol. The van der Waals surface area contributed by atoms with E-state index >= 15 is 0 Å². The molecule has 28 heavy (non-hydrogen) atoms. The van der Waals surface area contributed by atoms with Crippen molar-refractivity contribution in [3.05, 3.63) is 41.6 Å². The molecule has 3 aromatic rings. The summed E-state index contributed by atoms with van der Waals surface area (Å²) >= 11 is 0. The van der Waals surface area contributed by atoms with Crippen molar-refractivity contribution in [1.82, 2.24) is 9.38 Å². The lowest BCUT2D eigenvalue weighted by molar-refractivity contribution is 0.404. The van der Waals surface area contributed by atoms with Crippen LogP contribution in [-0.4, -0.2) is 29.6 Å². The van der Waals surface area contributed by atoms with Crippen molar-refractivity contribution in [2.45, 2.75) is 52.0 Å². The van der Waals surface area contributed by atoms with Gasteiger partial charge in [-0.05, 0) is 62.6 Å². The van der Waals surface area contributed by atoms with Crippen LogP contribution in [0, 0.1) is 13.8 Å². The number of pyridine rings is 1. The first-order valence-electron chi connectivity index (χ1n) is 10.1. The minimum absolute atomic E-state index is 0.477. The average Bonchev–Trinajstić information content (AvgIpc) is 3.06. The molecule has 0 saturated heterocycles. The normalized spacial score (nSPS) is 15.0. The van der Waals surface area contributed by atoms with E-state index in [9.17, 15) is 0 Å². The van der Waals surface area contributed by atoms with Crippen molar-refractivity contribution in [2.24, 2.45) is 0 Å². The molecule has 0 spiro atoms. The van der Waals surface area contributed by atoms with Gasteiger partial charge in [0.05, 0.1) is 14.2 Å². The number of methoxy groups -OCH3 is 2. The van der Waals surface area contributed by atoms with Gasteiger partial charge < -0.3 is 14.8 Å². The summed E-state index contributed by atoms with van der Waals surface area (Å²) in [6, 6.07) is 10.7. The lowest BCUT2D eigenvalue weighted by Gasteiger charge is -2.24. The molecule has 1 saturated carbocycles. The molecule has 1 fully saturated rings. The number of benzene rings is 1. The second-order valence-corrected chi connectivity index (χ2v) is 7.72. The highest BCUT2D eigenvalue weighted by Crippen LogP contribution is 2.39. The van der Waals surface area contributed by atoms with Crippen molar-refractivity contribution in [1.29, 1.82) is 0 Å². The summed E-state index contributed by atoms with van der Waals surface area (Å²) in [5.74, 6) is 2.64. The number of rotatable bonds is 5. The number of anilines is 1. The predicted molar refractivity (Wildman–Crippen MR) is 114 cm³/mol. The minimum Gasteiger partial charge on any atom is -0.497 e.